The maximum absolute atomic E-state index is 13.4. The lowest BCUT2D eigenvalue weighted by molar-refractivity contribution is 0.0696. The Morgan fingerprint density at radius 3 is 2.73 bits per heavy atom. The van der Waals surface area contributed by atoms with Gasteiger partial charge in [-0.05, 0) is 60.0 Å². The topological polar surface area (TPSA) is 102 Å². The van der Waals surface area contributed by atoms with E-state index < -0.39 is 5.97 Å². The molecule has 2 N–H and O–H groups in total. The maximum atomic E-state index is 13.4. The number of carboxylic acid groups (broad SMARTS) is 1. The normalized spacial score (nSPS) is 11.0. The summed E-state index contributed by atoms with van der Waals surface area (Å²) in [4.78, 5) is 20.0. The van der Waals surface area contributed by atoms with Crippen molar-refractivity contribution in [3.8, 4) is 5.75 Å². The number of aromatic nitrogens is 4. The molecule has 5 rings (SSSR count). The minimum absolute atomic E-state index is 0.183. The molecule has 0 aliphatic rings. The van der Waals surface area contributed by atoms with Gasteiger partial charge in [0.05, 0.1) is 23.3 Å². The van der Waals surface area contributed by atoms with Crippen LogP contribution in [0.5, 0.6) is 5.75 Å². The highest BCUT2D eigenvalue weighted by molar-refractivity contribution is 6.32. The number of aromatic carboxylic acids is 1. The van der Waals surface area contributed by atoms with Crippen LogP contribution in [0.15, 0.2) is 73.2 Å². The number of anilines is 2. The first kappa shape index (κ1) is 24.2. The minimum Gasteiger partial charge on any atom is -0.487 e. The highest BCUT2D eigenvalue weighted by Crippen LogP contribution is 2.31. The predicted molar refractivity (Wildman–Crippen MR) is 138 cm³/mol. The molecule has 10 heteroatoms. The molecule has 0 spiro atoms. The molecule has 0 saturated carbocycles. The molecule has 2 aromatic heterocycles. The third kappa shape index (κ3) is 5.36. The fourth-order valence-electron chi connectivity index (χ4n) is 3.99. The number of carboxylic acids is 1. The van der Waals surface area contributed by atoms with Gasteiger partial charge in [-0.15, -0.1) is 0 Å². The van der Waals surface area contributed by atoms with Crippen molar-refractivity contribution in [1.82, 2.24) is 19.7 Å². The quantitative estimate of drug-likeness (QED) is 0.260. The molecule has 0 bridgehead atoms. The Morgan fingerprint density at radius 1 is 1.11 bits per heavy atom. The van der Waals surface area contributed by atoms with Crippen LogP contribution in [0.3, 0.4) is 0 Å². The lowest BCUT2D eigenvalue weighted by Gasteiger charge is -2.12. The molecule has 0 fully saturated rings. The van der Waals surface area contributed by atoms with Gasteiger partial charge in [0.15, 0.2) is 5.82 Å². The predicted octanol–water partition coefficient (Wildman–Crippen LogP) is 6.00. The van der Waals surface area contributed by atoms with Crippen LogP contribution in [0.1, 0.15) is 27.0 Å². The van der Waals surface area contributed by atoms with Gasteiger partial charge in [-0.2, -0.15) is 5.10 Å². The zero-order valence-corrected chi connectivity index (χ0v) is 20.4. The molecule has 8 nitrogen and oxygen atoms in total. The average Bonchev–Trinajstić information content (AvgIpc) is 3.27. The van der Waals surface area contributed by atoms with Crippen molar-refractivity contribution >= 4 is 40.1 Å². The number of aryl methyl sites for hydroxylation is 1. The van der Waals surface area contributed by atoms with E-state index in [1.807, 2.05) is 6.07 Å². The van der Waals surface area contributed by atoms with Crippen molar-refractivity contribution < 1.29 is 19.0 Å². The Kier molecular flexibility index (Phi) is 6.70. The molecule has 2 heterocycles. The highest BCUT2D eigenvalue weighted by atomic mass is 35.5. The molecule has 0 saturated heterocycles. The fraction of sp³-hybridized carbons (Fsp3) is 0.111. The first-order valence-electron chi connectivity index (χ1n) is 11.3. The number of nitrogens with zero attached hydrogens (tertiary/aromatic N) is 4. The summed E-state index contributed by atoms with van der Waals surface area (Å²) in [5.41, 5.74) is 4.54. The van der Waals surface area contributed by atoms with Gasteiger partial charge in [-0.3, -0.25) is 4.68 Å². The van der Waals surface area contributed by atoms with Crippen LogP contribution in [0.25, 0.3) is 11.0 Å². The molecular formula is C27H21ClFN5O3. The first-order chi connectivity index (χ1) is 17.9. The zero-order chi connectivity index (χ0) is 25.9. The van der Waals surface area contributed by atoms with E-state index in [-0.39, 0.29) is 18.0 Å². The van der Waals surface area contributed by atoms with Crippen LogP contribution in [-0.4, -0.2) is 30.8 Å². The Bertz CT molecular complexity index is 1620. The maximum Gasteiger partial charge on any atom is 0.335 e. The van der Waals surface area contributed by atoms with Gasteiger partial charge in [0.25, 0.3) is 0 Å². The van der Waals surface area contributed by atoms with Gasteiger partial charge in [0, 0.05) is 5.69 Å². The number of nitrogens with one attached hydrogen (secondary N) is 1. The Hall–Kier alpha value is -4.50. The van der Waals surface area contributed by atoms with Crippen LogP contribution >= 0.6 is 11.6 Å². The summed E-state index contributed by atoms with van der Waals surface area (Å²) in [6, 6.07) is 16.6. The zero-order valence-electron chi connectivity index (χ0n) is 19.7. The van der Waals surface area contributed by atoms with Crippen molar-refractivity contribution in [2.75, 3.05) is 5.32 Å². The van der Waals surface area contributed by atoms with Crippen molar-refractivity contribution in [3.63, 3.8) is 0 Å². The molecule has 0 atom stereocenters. The number of halogens is 2. The number of fused-ring (bicyclic) bond motifs is 1. The van der Waals surface area contributed by atoms with E-state index in [1.165, 1.54) is 18.5 Å². The summed E-state index contributed by atoms with van der Waals surface area (Å²) >= 11 is 6.45. The summed E-state index contributed by atoms with van der Waals surface area (Å²) in [5.74, 6) is -0.285. The smallest absolute Gasteiger partial charge is 0.335 e. The van der Waals surface area contributed by atoms with Crippen molar-refractivity contribution in [1.29, 1.82) is 0 Å². The summed E-state index contributed by atoms with van der Waals surface area (Å²) in [7, 11) is 0. The van der Waals surface area contributed by atoms with E-state index in [4.69, 9.17) is 16.3 Å². The van der Waals surface area contributed by atoms with Gasteiger partial charge >= 0.3 is 5.97 Å². The first-order valence-corrected chi connectivity index (χ1v) is 11.7. The highest BCUT2D eigenvalue weighted by Gasteiger charge is 2.14. The SMILES string of the molecule is Cc1cc(Cn2ncc3ncnc(Nc4ccc(OCc5cccc(F)c5)c(Cl)c4)c32)ccc1C(=O)O. The van der Waals surface area contributed by atoms with Gasteiger partial charge in [0.1, 0.15) is 35.5 Å². The Labute approximate surface area is 216 Å². The molecule has 0 amide bonds. The molecule has 0 unspecified atom stereocenters. The van der Waals surface area contributed by atoms with Crippen molar-refractivity contribution in [2.24, 2.45) is 0 Å². The second-order valence-electron chi connectivity index (χ2n) is 8.40. The van der Waals surface area contributed by atoms with E-state index in [1.54, 1.807) is 60.3 Å². The molecule has 0 radical (unpaired) electrons. The Morgan fingerprint density at radius 2 is 1.97 bits per heavy atom. The van der Waals surface area contributed by atoms with Gasteiger partial charge in [-0.1, -0.05) is 35.9 Å². The number of ether oxygens (including phenoxy) is 1. The van der Waals surface area contributed by atoms with E-state index in [0.717, 1.165) is 5.56 Å². The summed E-state index contributed by atoms with van der Waals surface area (Å²) < 4.78 is 20.9. The molecule has 5 aromatic rings. The lowest BCUT2D eigenvalue weighted by atomic mass is 10.1. The van der Waals surface area contributed by atoms with E-state index in [0.29, 0.717) is 51.0 Å². The summed E-state index contributed by atoms with van der Waals surface area (Å²) in [6.45, 7) is 2.35. The minimum atomic E-state index is -0.961. The van der Waals surface area contributed by atoms with E-state index in [9.17, 15) is 14.3 Å². The molecule has 186 valence electrons. The third-order valence-electron chi connectivity index (χ3n) is 5.76. The number of carbonyl (C=O) groups is 1. The van der Waals surface area contributed by atoms with Crippen LogP contribution in [0.4, 0.5) is 15.9 Å². The second kappa shape index (κ2) is 10.2. The molecular weight excluding hydrogens is 497 g/mol. The van der Waals surface area contributed by atoms with Gasteiger partial charge in [-0.25, -0.2) is 19.2 Å². The van der Waals surface area contributed by atoms with Gasteiger partial charge < -0.3 is 15.2 Å². The van der Waals surface area contributed by atoms with E-state index in [2.05, 4.69) is 20.4 Å². The lowest BCUT2D eigenvalue weighted by Crippen LogP contribution is -2.06. The molecule has 3 aromatic carbocycles. The van der Waals surface area contributed by atoms with E-state index >= 15 is 0 Å². The van der Waals surface area contributed by atoms with Crippen molar-refractivity contribution in [3.05, 3.63) is 106 Å². The fourth-order valence-corrected chi connectivity index (χ4v) is 4.23. The number of benzene rings is 3. The monoisotopic (exact) mass is 517 g/mol. The van der Waals surface area contributed by atoms with Crippen LogP contribution in [0, 0.1) is 12.7 Å². The molecule has 37 heavy (non-hydrogen) atoms. The van der Waals surface area contributed by atoms with Gasteiger partial charge in [0.2, 0.25) is 0 Å². The Balaban J connectivity index is 1.36. The van der Waals surface area contributed by atoms with Crippen molar-refractivity contribution in [2.45, 2.75) is 20.1 Å². The second-order valence-corrected chi connectivity index (χ2v) is 8.81. The summed E-state index contributed by atoms with van der Waals surface area (Å²) in [6.07, 6.45) is 3.09. The standard InChI is InChI=1S/C27H21ClFN5O3/c1-16-9-17(5-7-21(16)27(35)36)13-34-25-23(12-32-34)30-15-31-26(25)33-20-6-8-24(22(28)11-20)37-14-18-3-2-4-19(29)10-18/h2-12,15H,13-14H2,1H3,(H,35,36)(H,30,31,33). The molecule has 0 aliphatic heterocycles. The van der Waals surface area contributed by atoms with Crippen LogP contribution in [0.2, 0.25) is 5.02 Å². The van der Waals surface area contributed by atoms with Crippen LogP contribution < -0.4 is 10.1 Å². The molecule has 0 aliphatic carbocycles. The number of hydrogen-bond acceptors (Lipinski definition) is 6. The summed E-state index contributed by atoms with van der Waals surface area (Å²) in [5, 5.41) is 17.4. The van der Waals surface area contributed by atoms with Crippen LogP contribution in [-0.2, 0) is 13.2 Å². The number of rotatable bonds is 8. The number of hydrogen-bond donors (Lipinski definition) is 2. The average molecular weight is 518 g/mol. The largest absolute Gasteiger partial charge is 0.487 e. The third-order valence-corrected chi connectivity index (χ3v) is 6.06.